The second kappa shape index (κ2) is 6.58. The molecule has 0 saturated carbocycles. The second-order valence-electron chi connectivity index (χ2n) is 5.52. The van der Waals surface area contributed by atoms with Crippen LogP contribution in [0.1, 0.15) is 26.6 Å². The molecule has 0 atom stereocenters. The fourth-order valence-corrected chi connectivity index (χ4v) is 3.46. The third-order valence-electron chi connectivity index (χ3n) is 4.13. The van der Waals surface area contributed by atoms with Crippen LogP contribution in [0.4, 0.5) is 0 Å². The van der Waals surface area contributed by atoms with E-state index < -0.39 is 0 Å². The van der Waals surface area contributed by atoms with Crippen molar-refractivity contribution in [2.45, 2.75) is 19.8 Å². The third-order valence-corrected chi connectivity index (χ3v) is 4.91. The Labute approximate surface area is 139 Å². The average molecular weight is 332 g/mol. The van der Waals surface area contributed by atoms with Gasteiger partial charge >= 0.3 is 0 Å². The first kappa shape index (κ1) is 15.8. The number of carbonyl (C=O) groups is 1. The molecule has 1 amide bonds. The summed E-state index contributed by atoms with van der Waals surface area (Å²) in [6.45, 7) is 3.30. The van der Waals surface area contributed by atoms with E-state index in [1.54, 1.807) is 14.2 Å². The molecular weight excluding hydrogens is 312 g/mol. The number of aromatic nitrogens is 1. The molecule has 122 valence electrons. The first-order chi connectivity index (χ1) is 11.1. The van der Waals surface area contributed by atoms with E-state index in [2.05, 4.69) is 4.98 Å². The highest BCUT2D eigenvalue weighted by atomic mass is 32.1. The zero-order valence-electron chi connectivity index (χ0n) is 13.6. The molecule has 3 rings (SSSR count). The van der Waals surface area contributed by atoms with Gasteiger partial charge < -0.3 is 14.4 Å². The Morgan fingerprint density at radius 2 is 1.70 bits per heavy atom. The van der Waals surface area contributed by atoms with Gasteiger partial charge in [-0.05, 0) is 43.0 Å². The molecule has 0 N–H and O–H groups in total. The molecule has 0 aliphatic carbocycles. The van der Waals surface area contributed by atoms with Crippen molar-refractivity contribution in [3.63, 3.8) is 0 Å². The van der Waals surface area contributed by atoms with E-state index in [0.29, 0.717) is 18.8 Å². The van der Waals surface area contributed by atoms with Crippen molar-refractivity contribution in [1.29, 1.82) is 0 Å². The standard InChI is InChI=1S/C17H20N2O3S/c1-11-18-14(10-23-11)17(20)19-6-4-12-8-15(21-2)16(22-3)9-13(12)5-7-19/h8-10H,4-7H2,1-3H3. The van der Waals surface area contributed by atoms with E-state index >= 15 is 0 Å². The van der Waals surface area contributed by atoms with Crippen LogP contribution in [-0.2, 0) is 12.8 Å². The van der Waals surface area contributed by atoms with Gasteiger partial charge in [0.2, 0.25) is 0 Å². The predicted octanol–water partition coefficient (Wildman–Crippen LogP) is 2.71. The summed E-state index contributed by atoms with van der Waals surface area (Å²) in [4.78, 5) is 18.8. The van der Waals surface area contributed by atoms with Crippen LogP contribution in [0.3, 0.4) is 0 Å². The molecule has 0 radical (unpaired) electrons. The van der Waals surface area contributed by atoms with Crippen molar-refractivity contribution in [3.8, 4) is 11.5 Å². The average Bonchev–Trinajstić information content (AvgIpc) is 2.89. The van der Waals surface area contributed by atoms with Gasteiger partial charge in [0.1, 0.15) is 5.69 Å². The first-order valence-corrected chi connectivity index (χ1v) is 8.45. The molecule has 2 heterocycles. The largest absolute Gasteiger partial charge is 0.493 e. The summed E-state index contributed by atoms with van der Waals surface area (Å²) >= 11 is 1.51. The van der Waals surface area contributed by atoms with Crippen LogP contribution in [0, 0.1) is 6.92 Å². The van der Waals surface area contributed by atoms with Crippen LogP contribution in [-0.4, -0.2) is 43.1 Å². The summed E-state index contributed by atoms with van der Waals surface area (Å²) in [5, 5.41) is 2.75. The Morgan fingerprint density at radius 3 is 2.13 bits per heavy atom. The number of methoxy groups -OCH3 is 2. The molecule has 1 aromatic heterocycles. The maximum atomic E-state index is 12.6. The van der Waals surface area contributed by atoms with Crippen molar-refractivity contribution in [2.24, 2.45) is 0 Å². The van der Waals surface area contributed by atoms with Crippen LogP contribution in [0.2, 0.25) is 0 Å². The zero-order valence-corrected chi connectivity index (χ0v) is 14.4. The van der Waals surface area contributed by atoms with Crippen LogP contribution in [0.5, 0.6) is 11.5 Å². The first-order valence-electron chi connectivity index (χ1n) is 7.57. The molecule has 23 heavy (non-hydrogen) atoms. The highest BCUT2D eigenvalue weighted by Gasteiger charge is 2.22. The zero-order chi connectivity index (χ0) is 16.4. The Hall–Kier alpha value is -2.08. The molecule has 0 spiro atoms. The maximum absolute atomic E-state index is 12.6. The number of amides is 1. The quantitative estimate of drug-likeness (QED) is 0.867. The number of ether oxygens (including phenoxy) is 2. The smallest absolute Gasteiger partial charge is 0.273 e. The van der Waals surface area contributed by atoms with Gasteiger partial charge in [-0.15, -0.1) is 11.3 Å². The number of fused-ring (bicyclic) bond motifs is 1. The SMILES string of the molecule is COc1cc2c(cc1OC)CCN(C(=O)c1csc(C)n1)CC2. The molecule has 0 bridgehead atoms. The minimum absolute atomic E-state index is 0.0149. The molecule has 6 heteroatoms. The molecule has 0 unspecified atom stereocenters. The number of thiazole rings is 1. The number of hydrogen-bond donors (Lipinski definition) is 0. The summed E-state index contributed by atoms with van der Waals surface area (Å²) in [6.07, 6.45) is 1.62. The third kappa shape index (κ3) is 3.17. The van der Waals surface area contributed by atoms with E-state index in [9.17, 15) is 4.79 Å². The highest BCUT2D eigenvalue weighted by Crippen LogP contribution is 2.32. The number of rotatable bonds is 3. The number of aryl methyl sites for hydroxylation is 1. The minimum atomic E-state index is 0.0149. The lowest BCUT2D eigenvalue weighted by Crippen LogP contribution is -2.33. The monoisotopic (exact) mass is 332 g/mol. The summed E-state index contributed by atoms with van der Waals surface area (Å²) in [5.41, 5.74) is 2.98. The molecule has 0 fully saturated rings. The van der Waals surface area contributed by atoms with E-state index in [1.807, 2.05) is 29.3 Å². The van der Waals surface area contributed by atoms with Gasteiger partial charge in [0, 0.05) is 18.5 Å². The second-order valence-corrected chi connectivity index (χ2v) is 6.58. The van der Waals surface area contributed by atoms with Gasteiger partial charge in [-0.25, -0.2) is 4.98 Å². The van der Waals surface area contributed by atoms with E-state index in [0.717, 1.165) is 29.3 Å². The maximum Gasteiger partial charge on any atom is 0.273 e. The van der Waals surface area contributed by atoms with Gasteiger partial charge in [0.05, 0.1) is 19.2 Å². The van der Waals surface area contributed by atoms with Gasteiger partial charge in [-0.3, -0.25) is 4.79 Å². The van der Waals surface area contributed by atoms with Crippen LogP contribution in [0.25, 0.3) is 0 Å². The Bertz CT molecular complexity index is 692. The Morgan fingerprint density at radius 1 is 1.13 bits per heavy atom. The van der Waals surface area contributed by atoms with Crippen molar-refractivity contribution < 1.29 is 14.3 Å². The summed E-state index contributed by atoms with van der Waals surface area (Å²) < 4.78 is 10.8. The summed E-state index contributed by atoms with van der Waals surface area (Å²) in [6, 6.07) is 4.05. The van der Waals surface area contributed by atoms with E-state index in [-0.39, 0.29) is 5.91 Å². The summed E-state index contributed by atoms with van der Waals surface area (Å²) in [5.74, 6) is 1.49. The van der Waals surface area contributed by atoms with Crippen molar-refractivity contribution >= 4 is 17.2 Å². The van der Waals surface area contributed by atoms with E-state index in [1.165, 1.54) is 22.5 Å². The molecule has 1 aromatic carbocycles. The number of hydrogen-bond acceptors (Lipinski definition) is 5. The van der Waals surface area contributed by atoms with Crippen LogP contribution in [0.15, 0.2) is 17.5 Å². The van der Waals surface area contributed by atoms with Gasteiger partial charge in [-0.2, -0.15) is 0 Å². The van der Waals surface area contributed by atoms with Crippen LogP contribution < -0.4 is 9.47 Å². The van der Waals surface area contributed by atoms with Gasteiger partial charge in [-0.1, -0.05) is 0 Å². The lowest BCUT2D eigenvalue weighted by Gasteiger charge is -2.18. The van der Waals surface area contributed by atoms with Crippen LogP contribution >= 0.6 is 11.3 Å². The molecule has 1 aliphatic rings. The molecule has 5 nitrogen and oxygen atoms in total. The lowest BCUT2D eigenvalue weighted by molar-refractivity contribution is 0.0758. The van der Waals surface area contributed by atoms with Crippen molar-refractivity contribution in [1.82, 2.24) is 9.88 Å². The van der Waals surface area contributed by atoms with E-state index in [4.69, 9.17) is 9.47 Å². The predicted molar refractivity (Wildman–Crippen MR) is 89.7 cm³/mol. The number of benzene rings is 1. The Kier molecular flexibility index (Phi) is 4.52. The minimum Gasteiger partial charge on any atom is -0.493 e. The molecule has 2 aromatic rings. The van der Waals surface area contributed by atoms with Gasteiger partial charge in [0.15, 0.2) is 11.5 Å². The van der Waals surface area contributed by atoms with Crippen molar-refractivity contribution in [3.05, 3.63) is 39.3 Å². The summed E-state index contributed by atoms with van der Waals surface area (Å²) in [7, 11) is 3.28. The number of carbonyl (C=O) groups excluding carboxylic acids is 1. The molecular formula is C17H20N2O3S. The molecule has 1 aliphatic heterocycles. The fraction of sp³-hybridized carbons (Fsp3) is 0.412. The fourth-order valence-electron chi connectivity index (χ4n) is 2.88. The topological polar surface area (TPSA) is 51.7 Å². The highest BCUT2D eigenvalue weighted by molar-refractivity contribution is 7.09. The molecule has 0 saturated heterocycles. The number of nitrogens with zero attached hydrogens (tertiary/aromatic N) is 2. The Balaban J connectivity index is 1.81. The normalized spacial score (nSPS) is 14.1. The van der Waals surface area contributed by atoms with Gasteiger partial charge in [0.25, 0.3) is 5.91 Å². The lowest BCUT2D eigenvalue weighted by atomic mass is 10.0. The van der Waals surface area contributed by atoms with Crippen molar-refractivity contribution in [2.75, 3.05) is 27.3 Å².